The van der Waals surface area contributed by atoms with E-state index in [1.807, 2.05) is 84.9 Å². The number of hydrogen-bond acceptors (Lipinski definition) is 2. The largest absolute Gasteiger partial charge is 0.309 e. The third-order valence-electron chi connectivity index (χ3n) is 9.63. The van der Waals surface area contributed by atoms with Crippen molar-refractivity contribution in [3.63, 3.8) is 0 Å². The van der Waals surface area contributed by atoms with Crippen molar-refractivity contribution in [3.8, 4) is 45.8 Å². The third-order valence-corrected chi connectivity index (χ3v) is 9.63. The van der Waals surface area contributed by atoms with E-state index in [1.54, 1.807) is 0 Å². The van der Waals surface area contributed by atoms with Gasteiger partial charge in [-0.15, -0.1) is 0 Å². The van der Waals surface area contributed by atoms with E-state index in [0.717, 1.165) is 66.5 Å². The summed E-state index contributed by atoms with van der Waals surface area (Å²) in [6, 6.07) is 55.4. The van der Waals surface area contributed by atoms with Crippen LogP contribution in [-0.2, 0) is 0 Å². The summed E-state index contributed by atoms with van der Waals surface area (Å²) in [5.74, 6) is 0. The first-order valence-electron chi connectivity index (χ1n) is 16.3. The maximum Gasteiger partial charge on any atom is 0.195 e. The smallest absolute Gasteiger partial charge is 0.195 e. The summed E-state index contributed by atoms with van der Waals surface area (Å²) in [4.78, 5) is 3.95. The fraction of sp³-hybridized carbons (Fsp3) is 0. The Morgan fingerprint density at radius 2 is 1.02 bits per heavy atom. The zero-order valence-electron chi connectivity index (χ0n) is 26.7. The number of para-hydroxylation sites is 4. The van der Waals surface area contributed by atoms with Gasteiger partial charge in [0.15, 0.2) is 5.69 Å². The molecule has 0 N–H and O–H groups in total. The molecule has 5 heteroatoms. The van der Waals surface area contributed by atoms with E-state index >= 15 is 0 Å². The van der Waals surface area contributed by atoms with Crippen LogP contribution in [0.5, 0.6) is 0 Å². The molecule has 0 amide bonds. The van der Waals surface area contributed by atoms with E-state index in [4.69, 9.17) is 6.57 Å². The molecule has 0 aliphatic rings. The lowest BCUT2D eigenvalue weighted by atomic mass is 9.95. The molecule has 230 valence electrons. The molecule has 2 aromatic heterocycles. The van der Waals surface area contributed by atoms with Crippen LogP contribution in [0.1, 0.15) is 11.1 Å². The van der Waals surface area contributed by atoms with Crippen molar-refractivity contribution in [1.29, 1.82) is 10.5 Å². The number of benzene rings is 7. The number of nitrogens with zero attached hydrogens (tertiary/aromatic N) is 5. The molecule has 0 atom stereocenters. The van der Waals surface area contributed by atoms with E-state index in [9.17, 15) is 10.5 Å². The van der Waals surface area contributed by atoms with Crippen LogP contribution in [0.4, 0.5) is 5.69 Å². The lowest BCUT2D eigenvalue weighted by molar-refractivity contribution is 1.17. The predicted octanol–water partition coefficient (Wildman–Crippen LogP) is 11.5. The summed E-state index contributed by atoms with van der Waals surface area (Å²) in [5, 5.41) is 24.4. The van der Waals surface area contributed by atoms with Crippen molar-refractivity contribution in [2.24, 2.45) is 0 Å². The summed E-state index contributed by atoms with van der Waals surface area (Å²) in [6.45, 7) is 8.10. The van der Waals surface area contributed by atoms with Crippen LogP contribution in [0.3, 0.4) is 0 Å². The summed E-state index contributed by atoms with van der Waals surface area (Å²) in [7, 11) is 0. The van der Waals surface area contributed by atoms with Gasteiger partial charge in [-0.05, 0) is 76.9 Å². The van der Waals surface area contributed by atoms with Crippen molar-refractivity contribution in [3.05, 3.63) is 174 Å². The van der Waals surface area contributed by atoms with Gasteiger partial charge in [-0.25, -0.2) is 4.85 Å². The topological polar surface area (TPSA) is 61.8 Å². The highest BCUT2D eigenvalue weighted by Gasteiger charge is 2.19. The Bertz CT molecular complexity index is 2920. The van der Waals surface area contributed by atoms with Gasteiger partial charge in [0.1, 0.15) is 6.07 Å². The second-order valence-electron chi connectivity index (χ2n) is 12.3. The van der Waals surface area contributed by atoms with Crippen molar-refractivity contribution in [1.82, 2.24) is 9.13 Å². The van der Waals surface area contributed by atoms with E-state index in [-0.39, 0.29) is 0 Å². The SMILES string of the molecule is [C-]#[N+]c1ccc(-c2ccc(-n3c4ccccc4c4cc(C#N)ccc43)c(C#N)c2)cc1-c1ccccc1-n1c2ccccc2c2ccccc21. The van der Waals surface area contributed by atoms with Crippen LogP contribution in [-0.4, -0.2) is 9.13 Å². The van der Waals surface area contributed by atoms with Gasteiger partial charge in [-0.2, -0.15) is 10.5 Å². The highest BCUT2D eigenvalue weighted by atomic mass is 15.0. The standard InChI is InChI=1S/C45H25N5/c1-48-39-21-19-31(26-37(39)35-12-4-8-16-43(35)50-41-14-6-2-10-33(41)34-11-3-7-15-42(34)50)30-20-23-40(32(25-30)28-47)49-44-17-9-5-13-36(44)38-24-29(27-46)18-22-45(38)49/h2-26H. The summed E-state index contributed by atoms with van der Waals surface area (Å²) in [5.41, 5.74) is 11.1. The van der Waals surface area contributed by atoms with Crippen LogP contribution in [0.25, 0.3) is 82.1 Å². The quantitative estimate of drug-likeness (QED) is 0.181. The summed E-state index contributed by atoms with van der Waals surface area (Å²) in [6.07, 6.45) is 0. The van der Waals surface area contributed by atoms with Crippen molar-refractivity contribution in [2.45, 2.75) is 0 Å². The van der Waals surface area contributed by atoms with Crippen LogP contribution in [0.2, 0.25) is 0 Å². The number of fused-ring (bicyclic) bond motifs is 6. The monoisotopic (exact) mass is 635 g/mol. The minimum Gasteiger partial charge on any atom is -0.309 e. The highest BCUT2D eigenvalue weighted by molar-refractivity contribution is 6.11. The fourth-order valence-electron chi connectivity index (χ4n) is 7.41. The number of nitriles is 2. The van der Waals surface area contributed by atoms with E-state index in [1.165, 1.54) is 10.8 Å². The zero-order chi connectivity index (χ0) is 33.8. The van der Waals surface area contributed by atoms with Gasteiger partial charge in [0.05, 0.1) is 57.2 Å². The molecule has 50 heavy (non-hydrogen) atoms. The van der Waals surface area contributed by atoms with Crippen molar-refractivity contribution >= 4 is 49.3 Å². The average Bonchev–Trinajstić information content (AvgIpc) is 3.70. The van der Waals surface area contributed by atoms with Gasteiger partial charge in [0.25, 0.3) is 0 Å². The molecule has 0 bridgehead atoms. The molecule has 0 aliphatic heterocycles. The Morgan fingerprint density at radius 1 is 0.460 bits per heavy atom. The molecule has 0 unspecified atom stereocenters. The van der Waals surface area contributed by atoms with Gasteiger partial charge in [-0.3, -0.25) is 0 Å². The normalized spacial score (nSPS) is 11.1. The number of aromatic nitrogens is 2. The first-order chi connectivity index (χ1) is 24.7. The summed E-state index contributed by atoms with van der Waals surface area (Å²) < 4.78 is 4.39. The Morgan fingerprint density at radius 3 is 1.68 bits per heavy atom. The van der Waals surface area contributed by atoms with Crippen molar-refractivity contribution < 1.29 is 0 Å². The third kappa shape index (κ3) is 4.31. The first kappa shape index (κ1) is 28.8. The Labute approximate surface area is 288 Å². The number of hydrogen-bond donors (Lipinski definition) is 0. The van der Waals surface area contributed by atoms with Gasteiger partial charge in [-0.1, -0.05) is 97.1 Å². The van der Waals surface area contributed by atoms with Crippen LogP contribution >= 0.6 is 0 Å². The molecular weight excluding hydrogens is 611 g/mol. The Hall–Kier alpha value is -7.39. The van der Waals surface area contributed by atoms with E-state index in [2.05, 4.69) is 92.8 Å². The average molecular weight is 636 g/mol. The molecule has 9 aromatic rings. The van der Waals surface area contributed by atoms with Gasteiger partial charge in [0, 0.05) is 21.5 Å². The Kier molecular flexibility index (Phi) is 6.56. The number of rotatable bonds is 4. The van der Waals surface area contributed by atoms with E-state index < -0.39 is 0 Å². The lowest BCUT2D eigenvalue weighted by Gasteiger charge is -2.16. The van der Waals surface area contributed by atoms with E-state index in [0.29, 0.717) is 16.8 Å². The molecule has 0 saturated heterocycles. The van der Waals surface area contributed by atoms with Gasteiger partial charge < -0.3 is 9.13 Å². The van der Waals surface area contributed by atoms with Gasteiger partial charge in [0.2, 0.25) is 0 Å². The molecule has 7 aromatic carbocycles. The summed E-state index contributed by atoms with van der Waals surface area (Å²) >= 11 is 0. The lowest BCUT2D eigenvalue weighted by Crippen LogP contribution is -1.98. The maximum atomic E-state index is 10.5. The molecule has 5 nitrogen and oxygen atoms in total. The first-order valence-corrected chi connectivity index (χ1v) is 16.3. The molecule has 2 heterocycles. The molecule has 0 fully saturated rings. The molecule has 0 radical (unpaired) electrons. The molecular formula is C45H25N5. The zero-order valence-corrected chi connectivity index (χ0v) is 26.7. The Balaban J connectivity index is 1.22. The minimum absolute atomic E-state index is 0.524. The molecule has 0 spiro atoms. The van der Waals surface area contributed by atoms with Crippen LogP contribution in [0.15, 0.2) is 152 Å². The van der Waals surface area contributed by atoms with Crippen molar-refractivity contribution in [2.75, 3.05) is 0 Å². The minimum atomic E-state index is 0.524. The maximum absolute atomic E-state index is 10.5. The van der Waals surface area contributed by atoms with Gasteiger partial charge >= 0.3 is 0 Å². The molecule has 0 aliphatic carbocycles. The second-order valence-corrected chi connectivity index (χ2v) is 12.3. The van der Waals surface area contributed by atoms with Crippen LogP contribution in [0, 0.1) is 29.2 Å². The predicted molar refractivity (Wildman–Crippen MR) is 202 cm³/mol. The molecule has 9 rings (SSSR count). The highest BCUT2D eigenvalue weighted by Crippen LogP contribution is 2.41. The molecule has 0 saturated carbocycles. The second kappa shape index (κ2) is 11.4. The fourth-order valence-corrected chi connectivity index (χ4v) is 7.41. The van der Waals surface area contributed by atoms with Crippen LogP contribution < -0.4 is 0 Å².